The highest BCUT2D eigenvalue weighted by atomic mass is 19.4. The number of hydrogen-bond acceptors (Lipinski definition) is 3. The third-order valence-corrected chi connectivity index (χ3v) is 4.31. The number of carbonyl (C=O) groups is 1. The summed E-state index contributed by atoms with van der Waals surface area (Å²) in [5, 5.41) is 10.6. The second-order valence-corrected chi connectivity index (χ2v) is 6.54. The van der Waals surface area contributed by atoms with Crippen molar-refractivity contribution in [2.45, 2.75) is 31.5 Å². The van der Waals surface area contributed by atoms with Crippen molar-refractivity contribution < 1.29 is 23.1 Å². The summed E-state index contributed by atoms with van der Waals surface area (Å²) >= 11 is 0. The van der Waals surface area contributed by atoms with Gasteiger partial charge in [0.2, 0.25) is 5.91 Å². The molecule has 1 atom stereocenters. The van der Waals surface area contributed by atoms with Crippen LogP contribution in [0.4, 0.5) is 13.2 Å². The van der Waals surface area contributed by atoms with Crippen LogP contribution in [0, 0.1) is 0 Å². The second-order valence-electron chi connectivity index (χ2n) is 6.54. The van der Waals surface area contributed by atoms with Gasteiger partial charge in [-0.2, -0.15) is 13.2 Å². The summed E-state index contributed by atoms with van der Waals surface area (Å²) in [7, 11) is 1.73. The van der Waals surface area contributed by atoms with Crippen molar-refractivity contribution in [3.05, 3.63) is 35.4 Å². The molecule has 0 saturated carbocycles. The van der Waals surface area contributed by atoms with Crippen molar-refractivity contribution in [1.29, 1.82) is 0 Å². The molecule has 7 heteroatoms. The minimum atomic E-state index is -4.51. The lowest BCUT2D eigenvalue weighted by molar-refractivity contribution is -0.141. The van der Waals surface area contributed by atoms with E-state index in [1.807, 2.05) is 0 Å². The Morgan fingerprint density at radius 2 is 1.88 bits per heavy atom. The molecule has 1 fully saturated rings. The van der Waals surface area contributed by atoms with Crippen LogP contribution in [0.15, 0.2) is 24.3 Å². The molecule has 1 aromatic rings. The molecule has 1 N–H and O–H groups in total. The standard InChI is InChI=1S/C17H23F3N2O2/c1-16(24,13-6-3-4-7-14(13)17(18,19)20)12-21(2)10-11-22-9-5-8-15(22)23/h3-4,6-7,24H,5,8-12H2,1-2H3/t16-/m0/s1. The zero-order valence-corrected chi connectivity index (χ0v) is 13.9. The van der Waals surface area contributed by atoms with E-state index in [0.717, 1.165) is 19.0 Å². The van der Waals surface area contributed by atoms with Crippen LogP contribution in [0.3, 0.4) is 0 Å². The third kappa shape index (κ3) is 4.48. The van der Waals surface area contributed by atoms with Gasteiger partial charge in [0.25, 0.3) is 0 Å². The maximum Gasteiger partial charge on any atom is 0.416 e. The number of likely N-dealkylation sites (N-methyl/N-ethyl adjacent to an activating group) is 1. The van der Waals surface area contributed by atoms with E-state index in [2.05, 4.69) is 0 Å². The highest BCUT2D eigenvalue weighted by molar-refractivity contribution is 5.78. The fourth-order valence-corrected chi connectivity index (χ4v) is 3.12. The fourth-order valence-electron chi connectivity index (χ4n) is 3.12. The Bertz CT molecular complexity index is 587. The molecule has 0 unspecified atom stereocenters. The fraction of sp³-hybridized carbons (Fsp3) is 0.588. The molecule has 1 heterocycles. The summed E-state index contributed by atoms with van der Waals surface area (Å²) in [5.74, 6) is 0.109. The Labute approximate surface area is 139 Å². The minimum Gasteiger partial charge on any atom is -0.384 e. The number of halogens is 3. The molecule has 1 aliphatic heterocycles. The lowest BCUT2D eigenvalue weighted by atomic mass is 9.90. The van der Waals surface area contributed by atoms with E-state index in [0.29, 0.717) is 19.5 Å². The highest BCUT2D eigenvalue weighted by Gasteiger charge is 2.38. The summed E-state index contributed by atoms with van der Waals surface area (Å²) in [6.07, 6.45) is -3.11. The van der Waals surface area contributed by atoms with Gasteiger partial charge in [0, 0.05) is 32.6 Å². The first-order valence-corrected chi connectivity index (χ1v) is 7.96. The van der Waals surface area contributed by atoms with Gasteiger partial charge in [-0.05, 0) is 32.0 Å². The van der Waals surface area contributed by atoms with Crippen molar-refractivity contribution in [2.75, 3.05) is 33.2 Å². The summed E-state index contributed by atoms with van der Waals surface area (Å²) in [4.78, 5) is 15.1. The van der Waals surface area contributed by atoms with Crippen LogP contribution < -0.4 is 0 Å². The number of nitrogens with zero attached hydrogens (tertiary/aromatic N) is 2. The summed E-state index contributed by atoms with van der Waals surface area (Å²) in [6.45, 7) is 3.17. The molecule has 0 aromatic heterocycles. The lowest BCUT2D eigenvalue weighted by Gasteiger charge is -2.32. The number of rotatable bonds is 6. The molecular formula is C17H23F3N2O2. The van der Waals surface area contributed by atoms with E-state index < -0.39 is 17.3 Å². The van der Waals surface area contributed by atoms with Crippen molar-refractivity contribution in [2.24, 2.45) is 0 Å². The largest absolute Gasteiger partial charge is 0.416 e. The SMILES string of the molecule is CN(CCN1CCCC1=O)C[C@](C)(O)c1ccccc1C(F)(F)F. The molecule has 24 heavy (non-hydrogen) atoms. The molecule has 0 bridgehead atoms. The first-order chi connectivity index (χ1) is 11.1. The zero-order valence-electron chi connectivity index (χ0n) is 13.9. The molecule has 2 rings (SSSR count). The maximum atomic E-state index is 13.1. The van der Waals surface area contributed by atoms with E-state index in [-0.39, 0.29) is 18.0 Å². The van der Waals surface area contributed by atoms with Crippen molar-refractivity contribution in [1.82, 2.24) is 9.80 Å². The van der Waals surface area contributed by atoms with Gasteiger partial charge >= 0.3 is 6.18 Å². The van der Waals surface area contributed by atoms with E-state index >= 15 is 0 Å². The normalized spacial score (nSPS) is 18.3. The van der Waals surface area contributed by atoms with Crippen molar-refractivity contribution in [3.8, 4) is 0 Å². The number of likely N-dealkylation sites (tertiary alicyclic amines) is 1. The molecule has 0 spiro atoms. The Morgan fingerprint density at radius 1 is 1.25 bits per heavy atom. The molecule has 4 nitrogen and oxygen atoms in total. The number of aliphatic hydroxyl groups is 1. The smallest absolute Gasteiger partial charge is 0.384 e. The van der Waals surface area contributed by atoms with Gasteiger partial charge in [0.15, 0.2) is 0 Å². The van der Waals surface area contributed by atoms with Crippen LogP contribution in [0.5, 0.6) is 0 Å². The molecule has 0 radical (unpaired) electrons. The Balaban J connectivity index is 2.04. The molecule has 1 amide bonds. The van der Waals surface area contributed by atoms with Crippen LogP contribution in [-0.2, 0) is 16.6 Å². The van der Waals surface area contributed by atoms with E-state index in [1.54, 1.807) is 16.8 Å². The summed E-state index contributed by atoms with van der Waals surface area (Å²) in [5.41, 5.74) is -2.60. The van der Waals surface area contributed by atoms with Crippen LogP contribution >= 0.6 is 0 Å². The van der Waals surface area contributed by atoms with Gasteiger partial charge < -0.3 is 14.9 Å². The predicted molar refractivity (Wildman–Crippen MR) is 84.3 cm³/mol. The predicted octanol–water partition coefficient (Wildman–Crippen LogP) is 2.47. The molecule has 134 valence electrons. The van der Waals surface area contributed by atoms with E-state index in [4.69, 9.17) is 0 Å². The minimum absolute atomic E-state index is 0.0438. The average molecular weight is 344 g/mol. The van der Waals surface area contributed by atoms with Gasteiger partial charge in [-0.1, -0.05) is 18.2 Å². The third-order valence-electron chi connectivity index (χ3n) is 4.31. The average Bonchev–Trinajstić information content (AvgIpc) is 2.89. The van der Waals surface area contributed by atoms with Gasteiger partial charge in [0.05, 0.1) is 5.56 Å². The van der Waals surface area contributed by atoms with Crippen molar-refractivity contribution >= 4 is 5.91 Å². The molecule has 0 aliphatic carbocycles. The zero-order chi connectivity index (χ0) is 18.0. The maximum absolute atomic E-state index is 13.1. The first kappa shape index (κ1) is 18.7. The van der Waals surface area contributed by atoms with Gasteiger partial charge in [-0.15, -0.1) is 0 Å². The van der Waals surface area contributed by atoms with E-state index in [9.17, 15) is 23.1 Å². The monoisotopic (exact) mass is 344 g/mol. The summed E-state index contributed by atoms with van der Waals surface area (Å²) in [6, 6.07) is 5.08. The lowest BCUT2D eigenvalue weighted by Crippen LogP contribution is -2.41. The molecular weight excluding hydrogens is 321 g/mol. The Morgan fingerprint density at radius 3 is 2.42 bits per heavy atom. The number of carbonyl (C=O) groups excluding carboxylic acids is 1. The van der Waals surface area contributed by atoms with Gasteiger partial charge in [0.1, 0.15) is 5.60 Å². The molecule has 1 saturated heterocycles. The second kappa shape index (κ2) is 7.11. The van der Waals surface area contributed by atoms with Crippen molar-refractivity contribution in [3.63, 3.8) is 0 Å². The number of alkyl halides is 3. The van der Waals surface area contributed by atoms with Gasteiger partial charge in [-0.25, -0.2) is 0 Å². The number of hydrogen-bond donors (Lipinski definition) is 1. The van der Waals surface area contributed by atoms with Crippen LogP contribution in [0.25, 0.3) is 0 Å². The first-order valence-electron chi connectivity index (χ1n) is 7.96. The molecule has 1 aromatic carbocycles. The topological polar surface area (TPSA) is 43.8 Å². The van der Waals surface area contributed by atoms with Crippen LogP contribution in [0.1, 0.15) is 30.9 Å². The van der Waals surface area contributed by atoms with Crippen LogP contribution in [0.2, 0.25) is 0 Å². The van der Waals surface area contributed by atoms with Gasteiger partial charge in [-0.3, -0.25) is 4.79 Å². The quantitative estimate of drug-likeness (QED) is 0.862. The number of benzene rings is 1. The number of amides is 1. The molecule has 1 aliphatic rings. The Kier molecular flexibility index (Phi) is 5.55. The van der Waals surface area contributed by atoms with Crippen LogP contribution in [-0.4, -0.2) is 54.0 Å². The van der Waals surface area contributed by atoms with E-state index in [1.165, 1.54) is 25.1 Å². The highest BCUT2D eigenvalue weighted by Crippen LogP contribution is 2.36. The Hall–Kier alpha value is -1.60. The summed E-state index contributed by atoms with van der Waals surface area (Å²) < 4.78 is 39.4.